The minimum Gasteiger partial charge on any atom is -1.00 e. The molecule has 0 spiro atoms. The Kier molecular flexibility index (Phi) is 4.61. The molecule has 0 aromatic heterocycles. The highest BCUT2D eigenvalue weighted by atomic mass is 35.5. The molecule has 0 heterocycles. The van der Waals surface area contributed by atoms with Crippen molar-refractivity contribution in [2.45, 2.75) is 0 Å². The van der Waals surface area contributed by atoms with Crippen LogP contribution in [0.3, 0.4) is 0 Å². The molecule has 1 aromatic rings. The molecule has 0 saturated carbocycles. The fourth-order valence-electron chi connectivity index (χ4n) is 0.607. The summed E-state index contributed by atoms with van der Waals surface area (Å²) in [4.78, 5) is 0. The fraction of sp³-hybridized carbons (Fsp3) is 0. The van der Waals surface area contributed by atoms with Crippen molar-refractivity contribution in [3.63, 3.8) is 0 Å². The predicted molar refractivity (Wildman–Crippen MR) is 44.3 cm³/mol. The summed E-state index contributed by atoms with van der Waals surface area (Å²) in [6.45, 7) is 0. The first kappa shape index (κ1) is 10.8. The largest absolute Gasteiger partial charge is 1.00 e. The molecule has 3 N–H and O–H groups in total. The molecule has 0 unspecified atom stereocenters. The number of hydrazine groups is 1. The summed E-state index contributed by atoms with van der Waals surface area (Å²) < 4.78 is 0. The van der Waals surface area contributed by atoms with Crippen molar-refractivity contribution in [2.75, 3.05) is 5.43 Å². The monoisotopic (exact) mass is 211 g/mol. The second-order valence-electron chi connectivity index (χ2n) is 1.77. The molecule has 0 amide bonds. The Morgan fingerprint density at radius 3 is 2.36 bits per heavy atom. The van der Waals surface area contributed by atoms with E-state index < -0.39 is 0 Å². The van der Waals surface area contributed by atoms with E-state index in [9.17, 15) is 0 Å². The minimum absolute atomic E-state index is 0. The van der Waals surface area contributed by atoms with E-state index in [1.165, 1.54) is 0 Å². The number of halogens is 3. The second kappa shape index (κ2) is 4.67. The molecule has 1 rings (SSSR count). The SMILES string of the molecule is NNc1ccc(Cl)cc1Cl.[Cl-]. The van der Waals surface area contributed by atoms with Gasteiger partial charge in [-0.3, -0.25) is 5.84 Å². The van der Waals surface area contributed by atoms with Gasteiger partial charge in [0.15, 0.2) is 0 Å². The quantitative estimate of drug-likeness (QED) is 0.476. The van der Waals surface area contributed by atoms with E-state index >= 15 is 0 Å². The molecule has 1 aromatic carbocycles. The summed E-state index contributed by atoms with van der Waals surface area (Å²) in [5, 5.41) is 1.12. The van der Waals surface area contributed by atoms with Gasteiger partial charge in [0.05, 0.1) is 10.7 Å². The van der Waals surface area contributed by atoms with Gasteiger partial charge in [-0.1, -0.05) is 23.2 Å². The maximum Gasteiger partial charge on any atom is 0.0672 e. The summed E-state index contributed by atoms with van der Waals surface area (Å²) >= 11 is 11.3. The first-order valence-corrected chi connectivity index (χ1v) is 3.41. The second-order valence-corrected chi connectivity index (χ2v) is 2.61. The van der Waals surface area contributed by atoms with Crippen LogP contribution in [0.2, 0.25) is 10.0 Å². The Hall–Kier alpha value is -0.150. The average molecular weight is 212 g/mol. The van der Waals surface area contributed by atoms with Gasteiger partial charge < -0.3 is 17.8 Å². The first-order valence-electron chi connectivity index (χ1n) is 2.65. The van der Waals surface area contributed by atoms with Crippen LogP contribution in [0.4, 0.5) is 5.69 Å². The van der Waals surface area contributed by atoms with E-state index in [0.29, 0.717) is 15.7 Å². The lowest BCUT2D eigenvalue weighted by Gasteiger charge is -2.01. The predicted octanol–water partition coefficient (Wildman–Crippen LogP) is -0.717. The van der Waals surface area contributed by atoms with Crippen molar-refractivity contribution in [1.29, 1.82) is 0 Å². The van der Waals surface area contributed by atoms with Gasteiger partial charge in [-0.05, 0) is 18.2 Å². The molecule has 0 aliphatic rings. The van der Waals surface area contributed by atoms with Crippen LogP contribution < -0.4 is 23.7 Å². The summed E-state index contributed by atoms with van der Waals surface area (Å²) in [5.74, 6) is 5.12. The molecule has 2 nitrogen and oxygen atoms in total. The Morgan fingerprint density at radius 2 is 1.91 bits per heavy atom. The zero-order valence-electron chi connectivity index (χ0n) is 5.44. The van der Waals surface area contributed by atoms with Crippen LogP contribution in [-0.4, -0.2) is 0 Å². The highest BCUT2D eigenvalue weighted by Gasteiger charge is 1.96. The Morgan fingerprint density at radius 1 is 1.27 bits per heavy atom. The van der Waals surface area contributed by atoms with Gasteiger partial charge in [0.1, 0.15) is 0 Å². The molecule has 0 atom stereocenters. The number of anilines is 1. The molecular weight excluding hydrogens is 206 g/mol. The number of hydrogen-bond donors (Lipinski definition) is 2. The molecule has 0 radical (unpaired) electrons. The number of nitrogen functional groups attached to an aromatic ring is 1. The van der Waals surface area contributed by atoms with Crippen molar-refractivity contribution in [3.05, 3.63) is 28.2 Å². The van der Waals surface area contributed by atoms with E-state index in [4.69, 9.17) is 29.0 Å². The fourth-order valence-corrected chi connectivity index (χ4v) is 1.07. The van der Waals surface area contributed by atoms with E-state index in [2.05, 4.69) is 5.43 Å². The van der Waals surface area contributed by atoms with E-state index in [1.54, 1.807) is 18.2 Å². The smallest absolute Gasteiger partial charge is 0.0672 e. The van der Waals surface area contributed by atoms with Crippen molar-refractivity contribution in [1.82, 2.24) is 0 Å². The zero-order chi connectivity index (χ0) is 7.56. The molecule has 0 saturated heterocycles. The lowest BCUT2D eigenvalue weighted by Crippen LogP contribution is -3.00. The van der Waals surface area contributed by atoms with E-state index in [1.807, 2.05) is 0 Å². The van der Waals surface area contributed by atoms with Crippen LogP contribution in [0.1, 0.15) is 0 Å². The zero-order valence-corrected chi connectivity index (χ0v) is 7.71. The average Bonchev–Trinajstić information content (AvgIpc) is 1.88. The van der Waals surface area contributed by atoms with E-state index in [-0.39, 0.29) is 12.4 Å². The normalized spacial score (nSPS) is 8.64. The Bertz CT molecular complexity index is 239. The summed E-state index contributed by atoms with van der Waals surface area (Å²) in [7, 11) is 0. The van der Waals surface area contributed by atoms with Crippen LogP contribution in [-0.2, 0) is 0 Å². The molecule has 0 aliphatic carbocycles. The molecule has 0 fully saturated rings. The van der Waals surface area contributed by atoms with Crippen LogP contribution >= 0.6 is 23.2 Å². The highest BCUT2D eigenvalue weighted by Crippen LogP contribution is 2.23. The van der Waals surface area contributed by atoms with Crippen molar-refractivity contribution in [2.24, 2.45) is 5.84 Å². The van der Waals surface area contributed by atoms with E-state index in [0.717, 1.165) is 0 Å². The van der Waals surface area contributed by atoms with Crippen LogP contribution in [0.25, 0.3) is 0 Å². The van der Waals surface area contributed by atoms with Gasteiger partial charge in [0, 0.05) is 5.02 Å². The third-order valence-corrected chi connectivity index (χ3v) is 1.63. The van der Waals surface area contributed by atoms with Gasteiger partial charge in [-0.25, -0.2) is 0 Å². The van der Waals surface area contributed by atoms with Gasteiger partial charge in [-0.15, -0.1) is 0 Å². The standard InChI is InChI=1S/C6H6Cl2N2.ClH/c7-4-1-2-6(10-9)5(8)3-4;/h1-3,10H,9H2;1H/p-1. The van der Waals surface area contributed by atoms with Gasteiger partial charge in [0.25, 0.3) is 0 Å². The minimum atomic E-state index is 0. The number of nitrogens with one attached hydrogen (secondary N) is 1. The number of rotatable bonds is 1. The van der Waals surface area contributed by atoms with Gasteiger partial charge >= 0.3 is 0 Å². The van der Waals surface area contributed by atoms with Gasteiger partial charge in [0.2, 0.25) is 0 Å². The number of hydrogen-bond acceptors (Lipinski definition) is 2. The maximum atomic E-state index is 5.70. The van der Waals surface area contributed by atoms with Gasteiger partial charge in [-0.2, -0.15) is 0 Å². The maximum absolute atomic E-state index is 5.70. The molecule has 5 heteroatoms. The molecule has 0 aliphatic heterocycles. The first-order chi connectivity index (χ1) is 4.74. The lowest BCUT2D eigenvalue weighted by atomic mass is 10.3. The van der Waals surface area contributed by atoms with Crippen LogP contribution in [0, 0.1) is 0 Å². The molecular formula is C6H6Cl3N2-. The lowest BCUT2D eigenvalue weighted by molar-refractivity contribution is -0.00000190. The Labute approximate surface area is 81.1 Å². The topological polar surface area (TPSA) is 38.0 Å². The van der Waals surface area contributed by atoms with Crippen molar-refractivity contribution in [3.8, 4) is 0 Å². The third kappa shape index (κ3) is 2.75. The van der Waals surface area contributed by atoms with Crippen molar-refractivity contribution >= 4 is 28.9 Å². The summed E-state index contributed by atoms with van der Waals surface area (Å²) in [6.07, 6.45) is 0. The molecule has 0 bridgehead atoms. The summed E-state index contributed by atoms with van der Waals surface area (Å²) in [6, 6.07) is 5.05. The molecule has 62 valence electrons. The summed E-state index contributed by atoms with van der Waals surface area (Å²) in [5.41, 5.74) is 3.10. The number of nitrogens with two attached hydrogens (primary N) is 1. The molecule has 11 heavy (non-hydrogen) atoms. The Balaban J connectivity index is 0.000001000. The van der Waals surface area contributed by atoms with Crippen molar-refractivity contribution < 1.29 is 12.4 Å². The van der Waals surface area contributed by atoms with Crippen LogP contribution in [0.5, 0.6) is 0 Å². The van der Waals surface area contributed by atoms with Crippen LogP contribution in [0.15, 0.2) is 18.2 Å². The third-order valence-electron chi connectivity index (χ3n) is 1.09. The number of benzene rings is 1. The highest BCUT2D eigenvalue weighted by molar-refractivity contribution is 6.36.